The Morgan fingerprint density at radius 3 is 2.59 bits per heavy atom. The molecular weight excluding hydrogens is 352 g/mol. The lowest BCUT2D eigenvalue weighted by Crippen LogP contribution is -2.10. The van der Waals surface area contributed by atoms with Crippen molar-refractivity contribution in [1.82, 2.24) is 4.98 Å². The molecule has 0 radical (unpaired) electrons. The average molecular weight is 372 g/mol. The van der Waals surface area contributed by atoms with Gasteiger partial charge in [0.05, 0.1) is 11.0 Å². The Hall–Kier alpha value is -3.65. The molecule has 2 aliphatic rings. The van der Waals surface area contributed by atoms with E-state index in [2.05, 4.69) is 96.4 Å². The van der Waals surface area contributed by atoms with Crippen molar-refractivity contribution in [3.63, 3.8) is 0 Å². The zero-order chi connectivity index (χ0) is 19.2. The average Bonchev–Trinajstić information content (AvgIpc) is 2.98. The highest BCUT2D eigenvalue weighted by molar-refractivity contribution is 5.93. The third kappa shape index (κ3) is 2.85. The predicted molar refractivity (Wildman–Crippen MR) is 121 cm³/mol. The van der Waals surface area contributed by atoms with Crippen molar-refractivity contribution in [2.45, 2.75) is 12.3 Å². The summed E-state index contributed by atoms with van der Waals surface area (Å²) < 4.78 is 0. The molecule has 0 saturated heterocycles. The van der Waals surface area contributed by atoms with Crippen LogP contribution in [-0.2, 0) is 6.42 Å². The monoisotopic (exact) mass is 372 g/mol. The minimum absolute atomic E-state index is 0.251. The molecule has 2 heterocycles. The van der Waals surface area contributed by atoms with E-state index in [9.17, 15) is 0 Å². The largest absolute Gasteiger partial charge is 0.355 e. The molecule has 0 spiro atoms. The number of anilines is 1. The summed E-state index contributed by atoms with van der Waals surface area (Å²) in [5.41, 5.74) is 8.50. The first-order valence-electron chi connectivity index (χ1n) is 10.1. The second kappa shape index (κ2) is 6.46. The number of fused-ring (bicyclic) bond motifs is 3. The van der Waals surface area contributed by atoms with Gasteiger partial charge in [0.2, 0.25) is 0 Å². The number of hydrogen-bond donors (Lipinski definition) is 1. The van der Waals surface area contributed by atoms with Gasteiger partial charge >= 0.3 is 0 Å². The van der Waals surface area contributed by atoms with Crippen LogP contribution in [0.4, 0.5) is 5.69 Å². The van der Waals surface area contributed by atoms with Crippen molar-refractivity contribution in [2.24, 2.45) is 0 Å². The first-order chi connectivity index (χ1) is 14.3. The maximum atomic E-state index is 4.81. The first-order valence-corrected chi connectivity index (χ1v) is 10.1. The van der Waals surface area contributed by atoms with Gasteiger partial charge in [-0.15, -0.1) is 0 Å². The summed E-state index contributed by atoms with van der Waals surface area (Å²) in [6, 6.07) is 25.7. The number of pyridine rings is 1. The van der Waals surface area contributed by atoms with Gasteiger partial charge in [-0.05, 0) is 53.1 Å². The van der Waals surface area contributed by atoms with E-state index in [0.717, 1.165) is 17.5 Å². The summed E-state index contributed by atoms with van der Waals surface area (Å²) in [5.74, 6) is 0.251. The fourth-order valence-electron chi connectivity index (χ4n) is 4.33. The number of rotatable bonds is 1. The van der Waals surface area contributed by atoms with Gasteiger partial charge in [0.1, 0.15) is 0 Å². The van der Waals surface area contributed by atoms with Crippen LogP contribution in [0.25, 0.3) is 21.8 Å². The molecule has 1 aromatic heterocycles. The molecule has 1 aliphatic carbocycles. The van der Waals surface area contributed by atoms with Crippen molar-refractivity contribution in [2.75, 3.05) is 5.32 Å². The van der Waals surface area contributed by atoms with Crippen LogP contribution in [0.2, 0.25) is 0 Å². The van der Waals surface area contributed by atoms with Crippen molar-refractivity contribution in [3.8, 4) is 0 Å². The SMILES string of the molecule is C1=CC(c2ccc3nc4ccccc4cc3c2)C=CC2=C1Cc1ccccc1N2. The molecule has 1 atom stereocenters. The van der Waals surface area contributed by atoms with Gasteiger partial charge in [-0.1, -0.05) is 60.7 Å². The molecule has 29 heavy (non-hydrogen) atoms. The quantitative estimate of drug-likeness (QED) is 0.385. The summed E-state index contributed by atoms with van der Waals surface area (Å²) in [6.07, 6.45) is 10.1. The second-order valence-electron chi connectivity index (χ2n) is 7.78. The normalized spacial score (nSPS) is 17.7. The van der Waals surface area contributed by atoms with Crippen molar-refractivity contribution in [1.29, 1.82) is 0 Å². The lowest BCUT2D eigenvalue weighted by molar-refractivity contribution is 1.08. The highest BCUT2D eigenvalue weighted by Crippen LogP contribution is 2.33. The van der Waals surface area contributed by atoms with Crippen LogP contribution in [-0.4, -0.2) is 4.98 Å². The van der Waals surface area contributed by atoms with Crippen LogP contribution in [0.3, 0.4) is 0 Å². The standard InChI is InChI=1S/C27H20N2/c1-3-7-24-20(5-1)16-22-10-9-18(11-13-26(22)28-24)19-12-14-27-23(15-19)17-21-6-2-4-8-25(21)29-27/h1-15,17-18,28H,16H2. The lowest BCUT2D eigenvalue weighted by atomic mass is 9.95. The lowest BCUT2D eigenvalue weighted by Gasteiger charge is -2.21. The first kappa shape index (κ1) is 16.3. The maximum Gasteiger partial charge on any atom is 0.0709 e. The molecule has 1 unspecified atom stereocenters. The highest BCUT2D eigenvalue weighted by Gasteiger charge is 2.17. The maximum absolute atomic E-state index is 4.81. The molecule has 0 saturated carbocycles. The third-order valence-electron chi connectivity index (χ3n) is 5.91. The zero-order valence-corrected chi connectivity index (χ0v) is 16.0. The summed E-state index contributed by atoms with van der Waals surface area (Å²) in [5, 5.41) is 5.97. The van der Waals surface area contributed by atoms with Gasteiger partial charge in [0, 0.05) is 34.5 Å². The van der Waals surface area contributed by atoms with E-state index in [0.29, 0.717) is 0 Å². The number of allylic oxidation sites excluding steroid dienone is 5. The molecule has 3 aromatic carbocycles. The van der Waals surface area contributed by atoms with Crippen LogP contribution in [0.1, 0.15) is 17.0 Å². The molecule has 0 bridgehead atoms. The number of nitrogens with one attached hydrogen (secondary N) is 1. The van der Waals surface area contributed by atoms with Crippen LogP contribution >= 0.6 is 0 Å². The Bertz CT molecular complexity index is 1310. The van der Waals surface area contributed by atoms with Crippen LogP contribution < -0.4 is 5.32 Å². The summed E-state index contributed by atoms with van der Waals surface area (Å²) >= 11 is 0. The number of aromatic nitrogens is 1. The molecule has 2 nitrogen and oxygen atoms in total. The summed E-state index contributed by atoms with van der Waals surface area (Å²) in [4.78, 5) is 4.81. The van der Waals surface area contributed by atoms with E-state index < -0.39 is 0 Å². The smallest absolute Gasteiger partial charge is 0.0709 e. The minimum Gasteiger partial charge on any atom is -0.355 e. The summed E-state index contributed by atoms with van der Waals surface area (Å²) in [7, 11) is 0. The molecule has 0 amide bonds. The van der Waals surface area contributed by atoms with E-state index in [1.165, 1.54) is 38.9 Å². The Kier molecular flexibility index (Phi) is 3.63. The van der Waals surface area contributed by atoms with Gasteiger partial charge in [0.25, 0.3) is 0 Å². The van der Waals surface area contributed by atoms with Crippen LogP contribution in [0, 0.1) is 0 Å². The van der Waals surface area contributed by atoms with Gasteiger partial charge in [0.15, 0.2) is 0 Å². The zero-order valence-electron chi connectivity index (χ0n) is 16.0. The van der Waals surface area contributed by atoms with Crippen LogP contribution in [0.5, 0.6) is 0 Å². The van der Waals surface area contributed by atoms with Crippen molar-refractivity contribution >= 4 is 27.5 Å². The molecule has 1 N–H and O–H groups in total. The predicted octanol–water partition coefficient (Wildman–Crippen LogP) is 6.52. The second-order valence-corrected chi connectivity index (χ2v) is 7.78. The Balaban J connectivity index is 1.36. The molecule has 2 heteroatoms. The molecule has 0 fully saturated rings. The molecule has 4 aromatic rings. The number of para-hydroxylation sites is 2. The van der Waals surface area contributed by atoms with E-state index in [4.69, 9.17) is 4.98 Å². The molecule has 138 valence electrons. The van der Waals surface area contributed by atoms with Crippen molar-refractivity contribution < 1.29 is 0 Å². The Morgan fingerprint density at radius 2 is 1.59 bits per heavy atom. The van der Waals surface area contributed by atoms with Gasteiger partial charge < -0.3 is 5.32 Å². The van der Waals surface area contributed by atoms with Crippen molar-refractivity contribution in [3.05, 3.63) is 119 Å². The minimum atomic E-state index is 0.251. The Morgan fingerprint density at radius 1 is 0.759 bits per heavy atom. The highest BCUT2D eigenvalue weighted by atomic mass is 14.9. The summed E-state index contributed by atoms with van der Waals surface area (Å²) in [6.45, 7) is 0. The van der Waals surface area contributed by atoms with Gasteiger partial charge in [-0.25, -0.2) is 4.98 Å². The van der Waals surface area contributed by atoms with E-state index in [1.807, 2.05) is 6.07 Å². The van der Waals surface area contributed by atoms with E-state index >= 15 is 0 Å². The molecule has 1 aliphatic heterocycles. The van der Waals surface area contributed by atoms with Gasteiger partial charge in [-0.3, -0.25) is 0 Å². The van der Waals surface area contributed by atoms with E-state index in [1.54, 1.807) is 0 Å². The van der Waals surface area contributed by atoms with Crippen LogP contribution in [0.15, 0.2) is 108 Å². The number of benzene rings is 3. The fraction of sp³-hybridized carbons (Fsp3) is 0.0741. The number of nitrogens with zero attached hydrogens (tertiary/aromatic N) is 1. The van der Waals surface area contributed by atoms with E-state index in [-0.39, 0.29) is 5.92 Å². The molecule has 6 rings (SSSR count). The molecular formula is C27H20N2. The fourth-order valence-corrected chi connectivity index (χ4v) is 4.33. The topological polar surface area (TPSA) is 24.9 Å². The third-order valence-corrected chi connectivity index (χ3v) is 5.91. The number of hydrogen-bond acceptors (Lipinski definition) is 2. The Labute approximate surface area is 169 Å². The van der Waals surface area contributed by atoms with Gasteiger partial charge in [-0.2, -0.15) is 0 Å².